The maximum absolute atomic E-state index is 12.2. The van der Waals surface area contributed by atoms with Gasteiger partial charge in [-0.05, 0) is 25.1 Å². The van der Waals surface area contributed by atoms with Gasteiger partial charge in [-0.3, -0.25) is 4.79 Å². The third-order valence-electron chi connectivity index (χ3n) is 3.24. The molecular weight excluding hydrogens is 256 g/mol. The lowest BCUT2D eigenvalue weighted by Crippen LogP contribution is -2.47. The van der Waals surface area contributed by atoms with Crippen LogP contribution in [-0.2, 0) is 9.53 Å². The van der Waals surface area contributed by atoms with E-state index in [4.69, 9.17) is 22.1 Å². The fourth-order valence-electron chi connectivity index (χ4n) is 1.78. The highest BCUT2D eigenvalue weighted by Crippen LogP contribution is 2.30. The highest BCUT2D eigenvalue weighted by molar-refractivity contribution is 6.32. The first-order valence-electron chi connectivity index (χ1n) is 5.57. The van der Waals surface area contributed by atoms with Crippen molar-refractivity contribution in [2.24, 2.45) is 11.1 Å². The molecule has 0 radical (unpaired) electrons. The van der Waals surface area contributed by atoms with E-state index >= 15 is 0 Å². The second kappa shape index (κ2) is 4.76. The second-order valence-corrected chi connectivity index (χ2v) is 5.07. The molecule has 1 aromatic carbocycles. The number of rotatable bonds is 2. The van der Waals surface area contributed by atoms with Crippen LogP contribution in [0, 0.1) is 5.41 Å². The summed E-state index contributed by atoms with van der Waals surface area (Å²) < 4.78 is 5.22. The summed E-state index contributed by atoms with van der Waals surface area (Å²) in [6.45, 7) is 2.44. The van der Waals surface area contributed by atoms with Crippen molar-refractivity contribution in [1.29, 1.82) is 0 Å². The predicted octanol–water partition coefficient (Wildman–Crippen LogP) is 1.35. The summed E-state index contributed by atoms with van der Waals surface area (Å²) in [5.74, 6) is -0.240. The van der Waals surface area contributed by atoms with Crippen molar-refractivity contribution >= 4 is 23.2 Å². The number of hydrogen-bond acceptors (Lipinski definition) is 4. The van der Waals surface area contributed by atoms with E-state index in [1.165, 1.54) is 12.1 Å². The van der Waals surface area contributed by atoms with Crippen molar-refractivity contribution < 1.29 is 14.6 Å². The highest BCUT2D eigenvalue weighted by Gasteiger charge is 2.44. The number of benzene rings is 1. The molecule has 2 atom stereocenters. The first-order chi connectivity index (χ1) is 8.43. The van der Waals surface area contributed by atoms with Crippen LogP contribution in [0.25, 0.3) is 0 Å². The fraction of sp³-hybridized carbons (Fsp3) is 0.417. The Morgan fingerprint density at radius 3 is 2.94 bits per heavy atom. The van der Waals surface area contributed by atoms with Gasteiger partial charge in [0.15, 0.2) is 0 Å². The molecule has 0 aliphatic carbocycles. The maximum Gasteiger partial charge on any atom is 0.234 e. The molecule has 2 unspecified atom stereocenters. The van der Waals surface area contributed by atoms with Crippen LogP contribution in [0.4, 0.5) is 5.69 Å². The standard InChI is InChI=1S/C12H15ClN2O3/c1-12(6-18-5-10(12)14)11(17)15-7-2-3-9(16)8(13)4-7/h2-4,10,16H,5-6,14H2,1H3,(H,15,17). The lowest BCUT2D eigenvalue weighted by Gasteiger charge is -2.25. The zero-order valence-corrected chi connectivity index (χ0v) is 10.7. The third-order valence-corrected chi connectivity index (χ3v) is 3.54. The van der Waals surface area contributed by atoms with Crippen molar-refractivity contribution in [2.75, 3.05) is 18.5 Å². The summed E-state index contributed by atoms with van der Waals surface area (Å²) in [6, 6.07) is 4.15. The molecule has 1 heterocycles. The molecule has 1 aliphatic heterocycles. The summed E-state index contributed by atoms with van der Waals surface area (Å²) in [4.78, 5) is 12.2. The van der Waals surface area contributed by atoms with E-state index in [-0.39, 0.29) is 22.7 Å². The summed E-state index contributed by atoms with van der Waals surface area (Å²) in [5, 5.41) is 12.2. The summed E-state index contributed by atoms with van der Waals surface area (Å²) in [6.07, 6.45) is 0. The lowest BCUT2D eigenvalue weighted by atomic mass is 9.85. The van der Waals surface area contributed by atoms with Crippen molar-refractivity contribution in [2.45, 2.75) is 13.0 Å². The van der Waals surface area contributed by atoms with Gasteiger partial charge in [0.2, 0.25) is 5.91 Å². The minimum absolute atomic E-state index is 0.0261. The first kappa shape index (κ1) is 13.1. The molecule has 4 N–H and O–H groups in total. The molecule has 0 spiro atoms. The van der Waals surface area contributed by atoms with Crippen LogP contribution in [-0.4, -0.2) is 30.3 Å². The Bertz CT molecular complexity index is 480. The zero-order chi connectivity index (χ0) is 13.3. The molecule has 1 amide bonds. The van der Waals surface area contributed by atoms with Crippen LogP contribution >= 0.6 is 11.6 Å². The number of carbonyl (C=O) groups excluding carboxylic acids is 1. The molecule has 2 rings (SSSR count). The molecule has 0 aromatic heterocycles. The molecule has 1 saturated heterocycles. The molecule has 1 fully saturated rings. The molecule has 18 heavy (non-hydrogen) atoms. The largest absolute Gasteiger partial charge is 0.506 e. The van der Waals surface area contributed by atoms with Crippen LogP contribution in [0.5, 0.6) is 5.75 Å². The molecule has 1 aliphatic rings. The number of amides is 1. The number of aromatic hydroxyl groups is 1. The second-order valence-electron chi connectivity index (χ2n) is 4.66. The van der Waals surface area contributed by atoms with Gasteiger partial charge in [-0.1, -0.05) is 11.6 Å². The van der Waals surface area contributed by atoms with E-state index < -0.39 is 5.41 Å². The Balaban J connectivity index is 2.14. The molecule has 1 aromatic rings. The van der Waals surface area contributed by atoms with Gasteiger partial charge in [-0.15, -0.1) is 0 Å². The normalized spacial score (nSPS) is 27.2. The van der Waals surface area contributed by atoms with Crippen LogP contribution in [0.3, 0.4) is 0 Å². The van der Waals surface area contributed by atoms with Crippen molar-refractivity contribution in [3.63, 3.8) is 0 Å². The topological polar surface area (TPSA) is 84.6 Å². The number of carbonyl (C=O) groups is 1. The lowest BCUT2D eigenvalue weighted by molar-refractivity contribution is -0.125. The van der Waals surface area contributed by atoms with Crippen LogP contribution in [0.15, 0.2) is 18.2 Å². The van der Waals surface area contributed by atoms with Crippen molar-refractivity contribution in [3.05, 3.63) is 23.2 Å². The monoisotopic (exact) mass is 270 g/mol. The number of anilines is 1. The van der Waals surface area contributed by atoms with E-state index in [0.29, 0.717) is 18.9 Å². The number of nitrogens with two attached hydrogens (primary N) is 1. The average Bonchev–Trinajstić information content (AvgIpc) is 2.66. The zero-order valence-electron chi connectivity index (χ0n) is 9.94. The maximum atomic E-state index is 12.2. The molecule has 5 nitrogen and oxygen atoms in total. The Hall–Kier alpha value is -1.30. The number of nitrogens with one attached hydrogen (secondary N) is 1. The molecule has 6 heteroatoms. The van der Waals surface area contributed by atoms with Gasteiger partial charge < -0.3 is 20.9 Å². The van der Waals surface area contributed by atoms with Crippen molar-refractivity contribution in [3.8, 4) is 5.75 Å². The minimum Gasteiger partial charge on any atom is -0.506 e. The highest BCUT2D eigenvalue weighted by atomic mass is 35.5. The third kappa shape index (κ3) is 2.29. The Morgan fingerprint density at radius 2 is 2.39 bits per heavy atom. The van der Waals surface area contributed by atoms with Gasteiger partial charge in [0.25, 0.3) is 0 Å². The Kier molecular flexibility index (Phi) is 3.47. The van der Waals surface area contributed by atoms with Crippen LogP contribution in [0.1, 0.15) is 6.92 Å². The molecular formula is C12H15ClN2O3. The quantitative estimate of drug-likeness (QED) is 0.708. The molecule has 0 bridgehead atoms. The van der Waals surface area contributed by atoms with Gasteiger partial charge in [0.1, 0.15) is 5.75 Å². The Labute approximate surface area is 110 Å². The van der Waals surface area contributed by atoms with E-state index in [1.807, 2.05) is 0 Å². The van der Waals surface area contributed by atoms with Gasteiger partial charge >= 0.3 is 0 Å². The fourth-order valence-corrected chi connectivity index (χ4v) is 1.96. The summed E-state index contributed by atoms with van der Waals surface area (Å²) in [7, 11) is 0. The van der Waals surface area contributed by atoms with Gasteiger partial charge in [0, 0.05) is 11.7 Å². The van der Waals surface area contributed by atoms with E-state index in [2.05, 4.69) is 5.32 Å². The number of hydrogen-bond donors (Lipinski definition) is 3. The van der Waals surface area contributed by atoms with Crippen molar-refractivity contribution in [1.82, 2.24) is 0 Å². The van der Waals surface area contributed by atoms with Gasteiger partial charge in [0.05, 0.1) is 23.7 Å². The van der Waals surface area contributed by atoms with E-state index in [1.54, 1.807) is 13.0 Å². The van der Waals surface area contributed by atoms with E-state index in [0.717, 1.165) is 0 Å². The number of phenols is 1. The smallest absolute Gasteiger partial charge is 0.234 e. The van der Waals surface area contributed by atoms with Gasteiger partial charge in [-0.2, -0.15) is 0 Å². The first-order valence-corrected chi connectivity index (χ1v) is 5.94. The summed E-state index contributed by atoms with van der Waals surface area (Å²) in [5.41, 5.74) is 5.64. The SMILES string of the molecule is CC1(C(=O)Nc2ccc(O)c(Cl)c2)COCC1N. The number of ether oxygens (including phenoxy) is 1. The van der Waals surface area contributed by atoms with Gasteiger partial charge in [-0.25, -0.2) is 0 Å². The Morgan fingerprint density at radius 1 is 1.67 bits per heavy atom. The number of phenolic OH excluding ortho intramolecular Hbond substituents is 1. The minimum atomic E-state index is -0.746. The van der Waals surface area contributed by atoms with Crippen LogP contribution < -0.4 is 11.1 Å². The van der Waals surface area contributed by atoms with Crippen LogP contribution in [0.2, 0.25) is 5.02 Å². The molecule has 98 valence electrons. The molecule has 0 saturated carbocycles. The predicted molar refractivity (Wildman–Crippen MR) is 68.6 cm³/mol. The number of halogens is 1. The summed E-state index contributed by atoms with van der Waals surface area (Å²) >= 11 is 5.77. The average molecular weight is 271 g/mol. The van der Waals surface area contributed by atoms with E-state index in [9.17, 15) is 9.90 Å².